The van der Waals surface area contributed by atoms with Crippen LogP contribution < -0.4 is 11.2 Å². The van der Waals surface area contributed by atoms with Crippen LogP contribution in [0.15, 0.2) is 99.4 Å². The number of rotatable bonds is 7. The topological polar surface area (TPSA) is 95.2 Å². The summed E-state index contributed by atoms with van der Waals surface area (Å²) in [6.07, 6.45) is 2.09. The van der Waals surface area contributed by atoms with Crippen molar-refractivity contribution in [3.63, 3.8) is 0 Å². The van der Waals surface area contributed by atoms with Gasteiger partial charge in [-0.25, -0.2) is 9.78 Å². The number of hydrogen-bond donors (Lipinski definition) is 1. The van der Waals surface area contributed by atoms with Crippen LogP contribution in [0.3, 0.4) is 0 Å². The molecule has 0 saturated heterocycles. The van der Waals surface area contributed by atoms with Gasteiger partial charge in [0.25, 0.3) is 5.56 Å². The summed E-state index contributed by atoms with van der Waals surface area (Å²) >= 11 is 0. The van der Waals surface area contributed by atoms with Gasteiger partial charge >= 0.3 is 5.69 Å². The Bertz CT molecular complexity index is 1480. The summed E-state index contributed by atoms with van der Waals surface area (Å²) in [6, 6.07) is 22.1. The maximum absolute atomic E-state index is 13.5. The zero-order chi connectivity index (χ0) is 22.8. The van der Waals surface area contributed by atoms with Gasteiger partial charge in [0.15, 0.2) is 11.2 Å². The molecule has 8 heteroatoms. The molecule has 0 aliphatic heterocycles. The van der Waals surface area contributed by atoms with Gasteiger partial charge in [-0.2, -0.15) is 0 Å². The average Bonchev–Trinajstić information content (AvgIpc) is 3.51. The third kappa shape index (κ3) is 4.04. The van der Waals surface area contributed by atoms with Gasteiger partial charge in [-0.15, -0.1) is 0 Å². The average molecular weight is 442 g/mol. The van der Waals surface area contributed by atoms with Crippen molar-refractivity contribution in [3.8, 4) is 0 Å². The minimum absolute atomic E-state index is 0.168. The van der Waals surface area contributed by atoms with Crippen LogP contribution >= 0.6 is 0 Å². The van der Waals surface area contributed by atoms with E-state index in [4.69, 9.17) is 4.42 Å². The number of aromatic nitrogens is 4. The number of benzene rings is 2. The second kappa shape index (κ2) is 8.76. The highest BCUT2D eigenvalue weighted by Gasteiger charge is 2.21. The van der Waals surface area contributed by atoms with E-state index in [2.05, 4.69) is 4.98 Å². The molecule has 1 atom stereocenters. The molecule has 0 fully saturated rings. The Morgan fingerprint density at radius 1 is 0.879 bits per heavy atom. The monoisotopic (exact) mass is 442 g/mol. The van der Waals surface area contributed by atoms with E-state index in [-0.39, 0.29) is 18.6 Å². The first-order valence-electron chi connectivity index (χ1n) is 10.6. The molecule has 1 N–H and O–H groups in total. The Morgan fingerprint density at radius 3 is 2.30 bits per heavy atom. The summed E-state index contributed by atoms with van der Waals surface area (Å²) < 4.78 is 9.66. The normalized spacial score (nSPS) is 12.3. The molecule has 3 aromatic heterocycles. The molecular formula is C25H22N4O4. The molecule has 0 radical (unpaired) electrons. The Kier molecular flexibility index (Phi) is 5.50. The summed E-state index contributed by atoms with van der Waals surface area (Å²) in [6.45, 7) is 0.373. The molecule has 8 nitrogen and oxygen atoms in total. The zero-order valence-electron chi connectivity index (χ0n) is 17.7. The second-order valence-electron chi connectivity index (χ2n) is 7.82. The van der Waals surface area contributed by atoms with Crippen LogP contribution in [-0.2, 0) is 19.6 Å². The largest absolute Gasteiger partial charge is 0.467 e. The number of nitrogens with zero attached hydrogens (tertiary/aromatic N) is 4. The fourth-order valence-electron chi connectivity index (χ4n) is 3.95. The van der Waals surface area contributed by atoms with Gasteiger partial charge in [-0.3, -0.25) is 13.9 Å². The van der Waals surface area contributed by atoms with Gasteiger partial charge in [0.1, 0.15) is 5.76 Å². The van der Waals surface area contributed by atoms with E-state index in [1.807, 2.05) is 42.5 Å². The van der Waals surface area contributed by atoms with Crippen LogP contribution in [0.2, 0.25) is 0 Å². The smallest absolute Gasteiger partial charge is 0.333 e. The SMILES string of the molecule is O=c1c2c(ncn2Cc2ccco2)n(Cc2ccccc2)c(=O)n1C[C@H](O)c1ccccc1. The quantitative estimate of drug-likeness (QED) is 0.418. The van der Waals surface area contributed by atoms with Gasteiger partial charge in [-0.05, 0) is 23.3 Å². The number of aliphatic hydroxyl groups is 1. The lowest BCUT2D eigenvalue weighted by atomic mass is 10.1. The van der Waals surface area contributed by atoms with E-state index in [0.29, 0.717) is 23.5 Å². The molecule has 2 aromatic carbocycles. The van der Waals surface area contributed by atoms with E-state index in [9.17, 15) is 14.7 Å². The highest BCUT2D eigenvalue weighted by Crippen LogP contribution is 2.15. The molecule has 3 heterocycles. The first-order valence-corrected chi connectivity index (χ1v) is 10.6. The number of furan rings is 1. The lowest BCUT2D eigenvalue weighted by Crippen LogP contribution is -2.42. The molecule has 33 heavy (non-hydrogen) atoms. The fourth-order valence-corrected chi connectivity index (χ4v) is 3.95. The molecule has 0 saturated carbocycles. The fraction of sp³-hybridized carbons (Fsp3) is 0.160. The van der Waals surface area contributed by atoms with Crippen LogP contribution in [-0.4, -0.2) is 23.8 Å². The number of imidazole rings is 1. The Labute approximate surface area is 188 Å². The highest BCUT2D eigenvalue weighted by molar-refractivity contribution is 5.70. The molecule has 0 spiro atoms. The third-order valence-corrected chi connectivity index (χ3v) is 5.61. The van der Waals surface area contributed by atoms with Crippen LogP contribution in [0.5, 0.6) is 0 Å². The Balaban J connectivity index is 1.66. The number of fused-ring (bicyclic) bond motifs is 1. The van der Waals surface area contributed by atoms with Gasteiger partial charge in [0, 0.05) is 0 Å². The van der Waals surface area contributed by atoms with Gasteiger partial charge in [0.2, 0.25) is 0 Å². The van der Waals surface area contributed by atoms with Gasteiger partial charge in [0.05, 0.1) is 38.3 Å². The molecule has 5 aromatic rings. The summed E-state index contributed by atoms with van der Waals surface area (Å²) in [5.41, 5.74) is 1.08. The summed E-state index contributed by atoms with van der Waals surface area (Å²) in [4.78, 5) is 31.3. The number of aliphatic hydroxyl groups excluding tert-OH is 1. The highest BCUT2D eigenvalue weighted by atomic mass is 16.3. The zero-order valence-corrected chi connectivity index (χ0v) is 17.7. The molecule has 0 amide bonds. The van der Waals surface area contributed by atoms with Crippen LogP contribution in [0.4, 0.5) is 0 Å². The van der Waals surface area contributed by atoms with Crippen molar-refractivity contribution in [2.75, 3.05) is 0 Å². The second-order valence-corrected chi connectivity index (χ2v) is 7.82. The van der Waals surface area contributed by atoms with Crippen molar-refractivity contribution in [2.45, 2.75) is 25.7 Å². The Hall–Kier alpha value is -4.17. The van der Waals surface area contributed by atoms with E-state index in [1.165, 1.54) is 10.9 Å². The molecule has 0 aliphatic rings. The van der Waals surface area contributed by atoms with E-state index < -0.39 is 17.4 Å². The van der Waals surface area contributed by atoms with Gasteiger partial charge < -0.3 is 14.1 Å². The summed E-state index contributed by atoms with van der Waals surface area (Å²) in [5.74, 6) is 0.658. The van der Waals surface area contributed by atoms with E-state index >= 15 is 0 Å². The molecule has 166 valence electrons. The summed E-state index contributed by atoms with van der Waals surface area (Å²) in [5, 5.41) is 10.8. The number of hydrogen-bond acceptors (Lipinski definition) is 5. The van der Waals surface area contributed by atoms with Crippen molar-refractivity contribution >= 4 is 11.2 Å². The predicted molar refractivity (Wildman–Crippen MR) is 123 cm³/mol. The molecule has 0 bridgehead atoms. The van der Waals surface area contributed by atoms with Crippen molar-refractivity contribution in [1.29, 1.82) is 0 Å². The maximum Gasteiger partial charge on any atom is 0.333 e. The molecule has 0 unspecified atom stereocenters. The minimum Gasteiger partial charge on any atom is -0.467 e. The first-order chi connectivity index (χ1) is 16.1. The molecule has 0 aliphatic carbocycles. The summed E-state index contributed by atoms with van der Waals surface area (Å²) in [7, 11) is 0. The van der Waals surface area contributed by atoms with Crippen molar-refractivity contribution in [2.24, 2.45) is 0 Å². The van der Waals surface area contributed by atoms with Crippen molar-refractivity contribution < 1.29 is 9.52 Å². The van der Waals surface area contributed by atoms with Crippen LogP contribution in [0, 0.1) is 0 Å². The van der Waals surface area contributed by atoms with E-state index in [1.54, 1.807) is 41.2 Å². The molecule has 5 rings (SSSR count). The Morgan fingerprint density at radius 2 is 1.61 bits per heavy atom. The van der Waals surface area contributed by atoms with Crippen LogP contribution in [0.1, 0.15) is 23.0 Å². The van der Waals surface area contributed by atoms with Gasteiger partial charge in [-0.1, -0.05) is 60.7 Å². The maximum atomic E-state index is 13.5. The standard InChI is InChI=1S/C25H22N4O4/c30-21(19-10-5-2-6-11-19)16-29-24(31)22-23(26-17-27(22)15-20-12-7-13-33-20)28(25(29)32)14-18-8-3-1-4-9-18/h1-13,17,21,30H,14-16H2/t21-/m0/s1. The lowest BCUT2D eigenvalue weighted by Gasteiger charge is -2.16. The van der Waals surface area contributed by atoms with E-state index in [0.717, 1.165) is 10.1 Å². The first kappa shape index (κ1) is 20.7. The third-order valence-electron chi connectivity index (χ3n) is 5.61. The minimum atomic E-state index is -1.01. The molecular weight excluding hydrogens is 420 g/mol. The van der Waals surface area contributed by atoms with Crippen molar-refractivity contribution in [3.05, 3.63) is 123 Å². The van der Waals surface area contributed by atoms with Crippen LogP contribution in [0.25, 0.3) is 11.2 Å². The van der Waals surface area contributed by atoms with Crippen molar-refractivity contribution in [1.82, 2.24) is 18.7 Å². The lowest BCUT2D eigenvalue weighted by molar-refractivity contribution is 0.153. The predicted octanol–water partition coefficient (Wildman–Crippen LogP) is 2.78.